The Morgan fingerprint density at radius 3 is 2.26 bits per heavy atom. The maximum atomic E-state index is 11.9. The minimum absolute atomic E-state index is 0.169. The zero-order chi connectivity index (χ0) is 14.4. The van der Waals surface area contributed by atoms with E-state index in [1.165, 1.54) is 34.3 Å². The van der Waals surface area contributed by atoms with Crippen molar-refractivity contribution in [3.8, 4) is 23.3 Å². The molecule has 6 heteroatoms. The first-order chi connectivity index (χ1) is 9.08. The Balaban J connectivity index is 3.22. The number of rotatable bonds is 5. The van der Waals surface area contributed by atoms with Gasteiger partial charge in [0, 0.05) is 0 Å². The zero-order valence-corrected chi connectivity index (χ0v) is 11.2. The number of benzene rings is 1. The summed E-state index contributed by atoms with van der Waals surface area (Å²) in [5.74, 6) is 0.275. The Hall–Kier alpha value is -2.42. The summed E-state index contributed by atoms with van der Waals surface area (Å²) in [7, 11) is 4.32. The molecule has 0 spiro atoms. The van der Waals surface area contributed by atoms with Crippen LogP contribution in [0, 0.1) is 11.3 Å². The molecule has 1 aromatic carbocycles. The van der Waals surface area contributed by atoms with Crippen LogP contribution in [-0.2, 0) is 4.74 Å². The van der Waals surface area contributed by atoms with Gasteiger partial charge in [0.2, 0.25) is 5.75 Å². The Morgan fingerprint density at radius 1 is 1.16 bits per heavy atom. The van der Waals surface area contributed by atoms with E-state index in [0.29, 0.717) is 11.5 Å². The van der Waals surface area contributed by atoms with Gasteiger partial charge in [0.1, 0.15) is 11.6 Å². The maximum Gasteiger partial charge on any atom is 0.343 e. The molecular formula is C13H15NO5. The molecule has 0 aliphatic rings. The molecule has 0 aliphatic carbocycles. The molecule has 0 heterocycles. The molecule has 0 aliphatic heterocycles. The van der Waals surface area contributed by atoms with Gasteiger partial charge in [-0.05, 0) is 19.1 Å². The van der Waals surface area contributed by atoms with E-state index in [4.69, 9.17) is 24.2 Å². The summed E-state index contributed by atoms with van der Waals surface area (Å²) < 4.78 is 20.3. The van der Waals surface area contributed by atoms with Gasteiger partial charge in [0.25, 0.3) is 0 Å². The van der Waals surface area contributed by atoms with E-state index >= 15 is 0 Å². The van der Waals surface area contributed by atoms with Gasteiger partial charge in [-0.1, -0.05) is 0 Å². The first-order valence-corrected chi connectivity index (χ1v) is 5.48. The Bertz CT molecular complexity index is 506. The van der Waals surface area contributed by atoms with Crippen LogP contribution in [0.15, 0.2) is 12.1 Å². The van der Waals surface area contributed by atoms with Crippen LogP contribution in [0.5, 0.6) is 17.2 Å². The molecule has 0 saturated carbocycles. The summed E-state index contributed by atoms with van der Waals surface area (Å²) in [4.78, 5) is 11.9. The molecule has 0 saturated heterocycles. The number of hydrogen-bond acceptors (Lipinski definition) is 6. The van der Waals surface area contributed by atoms with Crippen molar-refractivity contribution in [2.45, 2.75) is 13.0 Å². The molecule has 0 bridgehead atoms. The lowest BCUT2D eigenvalue weighted by Gasteiger charge is -2.15. The molecule has 0 fully saturated rings. The fourth-order valence-electron chi connectivity index (χ4n) is 1.51. The molecule has 0 unspecified atom stereocenters. The average Bonchev–Trinajstić information content (AvgIpc) is 2.44. The van der Waals surface area contributed by atoms with Crippen molar-refractivity contribution in [2.75, 3.05) is 21.3 Å². The lowest BCUT2D eigenvalue weighted by molar-refractivity contribution is 0.0431. The largest absolute Gasteiger partial charge is 0.493 e. The van der Waals surface area contributed by atoms with Crippen molar-refractivity contribution < 1.29 is 23.7 Å². The van der Waals surface area contributed by atoms with Crippen molar-refractivity contribution >= 4 is 5.97 Å². The fraction of sp³-hybridized carbons (Fsp3) is 0.385. The van der Waals surface area contributed by atoms with Gasteiger partial charge in [-0.2, -0.15) is 5.26 Å². The van der Waals surface area contributed by atoms with Crippen molar-refractivity contribution in [2.24, 2.45) is 0 Å². The standard InChI is InChI=1S/C13H15NO5/c1-8(7-14)19-13(15)9-5-6-10(16-2)12(18-4)11(9)17-3/h5-6,8H,1-4H3/t8-/m0/s1. The second-order valence-electron chi connectivity index (χ2n) is 3.56. The maximum absolute atomic E-state index is 11.9. The monoisotopic (exact) mass is 265 g/mol. The summed E-state index contributed by atoms with van der Waals surface area (Å²) in [6, 6.07) is 4.87. The number of esters is 1. The van der Waals surface area contributed by atoms with Gasteiger partial charge in [0.05, 0.1) is 21.3 Å². The summed E-state index contributed by atoms with van der Waals surface area (Å²) in [5, 5.41) is 8.64. The Morgan fingerprint density at radius 2 is 1.79 bits per heavy atom. The number of carbonyl (C=O) groups excluding carboxylic acids is 1. The third kappa shape index (κ3) is 3.07. The molecule has 0 radical (unpaired) electrons. The van der Waals surface area contributed by atoms with E-state index in [1.54, 1.807) is 6.07 Å². The molecule has 1 atom stereocenters. The molecule has 0 amide bonds. The highest BCUT2D eigenvalue weighted by Crippen LogP contribution is 2.39. The number of nitrogens with zero attached hydrogens (tertiary/aromatic N) is 1. The third-order valence-corrected chi connectivity index (χ3v) is 2.39. The van der Waals surface area contributed by atoms with Crippen LogP contribution in [0.25, 0.3) is 0 Å². The first kappa shape index (κ1) is 14.6. The molecule has 1 rings (SSSR count). The van der Waals surface area contributed by atoms with Gasteiger partial charge in [0.15, 0.2) is 17.6 Å². The summed E-state index contributed by atoms with van der Waals surface area (Å²) >= 11 is 0. The van der Waals surface area contributed by atoms with Crippen LogP contribution >= 0.6 is 0 Å². The molecule has 0 aromatic heterocycles. The lowest BCUT2D eigenvalue weighted by Crippen LogP contribution is -2.14. The molecule has 0 N–H and O–H groups in total. The van der Waals surface area contributed by atoms with Gasteiger partial charge >= 0.3 is 5.97 Å². The highest BCUT2D eigenvalue weighted by atomic mass is 16.6. The summed E-state index contributed by atoms with van der Waals surface area (Å²) in [6.45, 7) is 1.48. The van der Waals surface area contributed by atoms with Crippen molar-refractivity contribution in [1.82, 2.24) is 0 Å². The van der Waals surface area contributed by atoms with Gasteiger partial charge < -0.3 is 18.9 Å². The topological polar surface area (TPSA) is 77.8 Å². The van der Waals surface area contributed by atoms with E-state index in [1.807, 2.05) is 6.07 Å². The first-order valence-electron chi connectivity index (χ1n) is 5.48. The minimum atomic E-state index is -0.842. The van der Waals surface area contributed by atoms with Crippen LogP contribution < -0.4 is 14.2 Å². The van der Waals surface area contributed by atoms with Crippen LogP contribution in [0.4, 0.5) is 0 Å². The third-order valence-electron chi connectivity index (χ3n) is 2.39. The molecule has 1 aromatic rings. The van der Waals surface area contributed by atoms with Crippen molar-refractivity contribution in [3.63, 3.8) is 0 Å². The van der Waals surface area contributed by atoms with Crippen LogP contribution in [0.3, 0.4) is 0 Å². The van der Waals surface area contributed by atoms with E-state index < -0.39 is 12.1 Å². The van der Waals surface area contributed by atoms with Gasteiger partial charge in [-0.15, -0.1) is 0 Å². The number of nitriles is 1. The second-order valence-corrected chi connectivity index (χ2v) is 3.56. The van der Waals surface area contributed by atoms with E-state index in [2.05, 4.69) is 0 Å². The van der Waals surface area contributed by atoms with Gasteiger partial charge in [-0.25, -0.2) is 4.79 Å². The van der Waals surface area contributed by atoms with Crippen LogP contribution in [0.2, 0.25) is 0 Å². The predicted octanol–water partition coefficient (Wildman–Crippen LogP) is 1.78. The Labute approximate surface area is 111 Å². The molecule has 6 nitrogen and oxygen atoms in total. The van der Waals surface area contributed by atoms with Crippen LogP contribution in [0.1, 0.15) is 17.3 Å². The quantitative estimate of drug-likeness (QED) is 0.755. The highest BCUT2D eigenvalue weighted by molar-refractivity contribution is 5.94. The van der Waals surface area contributed by atoms with Crippen LogP contribution in [-0.4, -0.2) is 33.4 Å². The fourth-order valence-corrected chi connectivity index (χ4v) is 1.51. The van der Waals surface area contributed by atoms with E-state index in [-0.39, 0.29) is 11.3 Å². The minimum Gasteiger partial charge on any atom is -0.493 e. The number of ether oxygens (including phenoxy) is 4. The van der Waals surface area contributed by atoms with Gasteiger partial charge in [-0.3, -0.25) is 0 Å². The van der Waals surface area contributed by atoms with Crippen molar-refractivity contribution in [3.05, 3.63) is 17.7 Å². The molecule has 102 valence electrons. The number of hydrogen-bond donors (Lipinski definition) is 0. The second kappa shape index (κ2) is 6.50. The van der Waals surface area contributed by atoms with E-state index in [9.17, 15) is 4.79 Å². The van der Waals surface area contributed by atoms with Crippen molar-refractivity contribution in [1.29, 1.82) is 5.26 Å². The number of carbonyl (C=O) groups is 1. The number of methoxy groups -OCH3 is 3. The zero-order valence-electron chi connectivity index (χ0n) is 11.2. The average molecular weight is 265 g/mol. The highest BCUT2D eigenvalue weighted by Gasteiger charge is 2.22. The normalized spacial score (nSPS) is 11.1. The van der Waals surface area contributed by atoms with E-state index in [0.717, 1.165) is 0 Å². The summed E-state index contributed by atoms with van der Waals surface area (Å²) in [5.41, 5.74) is 0.169. The molecular weight excluding hydrogens is 250 g/mol. The Kier molecular flexibility index (Phi) is 5.01. The predicted molar refractivity (Wildman–Crippen MR) is 66.6 cm³/mol. The molecule has 19 heavy (non-hydrogen) atoms. The SMILES string of the molecule is COc1ccc(C(=O)O[C@@H](C)C#N)c(OC)c1OC. The smallest absolute Gasteiger partial charge is 0.343 e. The summed E-state index contributed by atoms with van der Waals surface area (Å²) in [6.07, 6.45) is -0.842. The lowest BCUT2D eigenvalue weighted by atomic mass is 10.1.